The molecule has 100 valence electrons. The van der Waals surface area contributed by atoms with Crippen molar-refractivity contribution in [1.29, 1.82) is 0 Å². The Morgan fingerprint density at radius 3 is 2.61 bits per heavy atom. The quantitative estimate of drug-likeness (QED) is 0.811. The van der Waals surface area contributed by atoms with Crippen molar-refractivity contribution in [2.24, 2.45) is 5.73 Å². The molecule has 18 heavy (non-hydrogen) atoms. The number of hydrogen-bond donors (Lipinski definition) is 2. The van der Waals surface area contributed by atoms with Gasteiger partial charge in [0.2, 0.25) is 0 Å². The molecule has 0 aromatic carbocycles. The van der Waals surface area contributed by atoms with Crippen LogP contribution in [-0.4, -0.2) is 30.1 Å². The zero-order valence-corrected chi connectivity index (χ0v) is 12.8. The first-order valence-electron chi connectivity index (χ1n) is 5.66. The third-order valence-corrected chi connectivity index (χ3v) is 5.43. The molecule has 0 bridgehead atoms. The summed E-state index contributed by atoms with van der Waals surface area (Å²) < 4.78 is 0.881. The first kappa shape index (κ1) is 14.3. The number of thiophene rings is 1. The molecule has 2 heterocycles. The number of carbonyl (C=O) groups excluding carboxylic acids is 1. The van der Waals surface area contributed by atoms with E-state index in [1.807, 2.05) is 0 Å². The zero-order valence-electron chi connectivity index (χ0n) is 9.56. The van der Waals surface area contributed by atoms with Crippen molar-refractivity contribution in [3.05, 3.63) is 14.9 Å². The van der Waals surface area contributed by atoms with Crippen molar-refractivity contribution in [2.75, 3.05) is 18.0 Å². The van der Waals surface area contributed by atoms with E-state index in [-0.39, 0.29) is 18.2 Å². The van der Waals surface area contributed by atoms with E-state index in [2.05, 4.69) is 20.8 Å². The maximum atomic E-state index is 12.0. The van der Waals surface area contributed by atoms with E-state index in [1.165, 1.54) is 0 Å². The fourth-order valence-electron chi connectivity index (χ4n) is 2.55. The Morgan fingerprint density at radius 2 is 2.00 bits per heavy atom. The molecular weight excluding hydrogens is 340 g/mol. The van der Waals surface area contributed by atoms with Crippen molar-refractivity contribution in [1.82, 2.24) is 0 Å². The Hall–Kier alpha value is -0.140. The second kappa shape index (κ2) is 5.09. The number of nitrogens with two attached hydrogens (primary N) is 1. The Labute approximate surface area is 124 Å². The Kier molecular flexibility index (Phi) is 4.04. The summed E-state index contributed by atoms with van der Waals surface area (Å²) in [4.78, 5) is 14.2. The summed E-state index contributed by atoms with van der Waals surface area (Å²) in [6, 6.07) is -0.584. The first-order valence-corrected chi connectivity index (χ1v) is 7.27. The molecule has 1 aliphatic heterocycles. The van der Waals surface area contributed by atoms with E-state index in [1.54, 1.807) is 11.3 Å². The summed E-state index contributed by atoms with van der Waals surface area (Å²) >= 11 is 5.01. The highest BCUT2D eigenvalue weighted by atomic mass is 79.9. The molecule has 1 aromatic heterocycles. The van der Waals surface area contributed by atoms with Crippen LogP contribution in [0.5, 0.6) is 0 Å². The van der Waals surface area contributed by atoms with Crippen molar-refractivity contribution in [3.63, 3.8) is 0 Å². The highest BCUT2D eigenvalue weighted by Gasteiger charge is 2.42. The minimum atomic E-state index is -1.08. The number of aliphatic hydroxyl groups excluding tert-OH is 1. The second-order valence-corrected chi connectivity index (χ2v) is 6.82. The summed E-state index contributed by atoms with van der Waals surface area (Å²) in [7, 11) is 0. The molecule has 3 rings (SSSR count). The van der Waals surface area contributed by atoms with Crippen molar-refractivity contribution in [2.45, 2.75) is 25.0 Å². The van der Waals surface area contributed by atoms with Crippen molar-refractivity contribution < 1.29 is 9.90 Å². The van der Waals surface area contributed by atoms with Crippen LogP contribution in [0.4, 0.5) is 5.00 Å². The Balaban J connectivity index is 0.00000120. The van der Waals surface area contributed by atoms with Crippen LogP contribution in [-0.2, 0) is 0 Å². The van der Waals surface area contributed by atoms with Gasteiger partial charge in [0.15, 0.2) is 5.78 Å². The number of aliphatic hydroxyl groups is 1. The molecule has 7 heteroatoms. The van der Waals surface area contributed by atoms with E-state index in [0.29, 0.717) is 5.56 Å². The van der Waals surface area contributed by atoms with Crippen LogP contribution in [0, 0.1) is 0 Å². The van der Waals surface area contributed by atoms with Gasteiger partial charge in [-0.05, 0) is 28.8 Å². The van der Waals surface area contributed by atoms with Crippen LogP contribution in [0.3, 0.4) is 0 Å². The Morgan fingerprint density at radius 1 is 1.39 bits per heavy atom. The summed E-state index contributed by atoms with van der Waals surface area (Å²) in [5.74, 6) is -0.226. The van der Waals surface area contributed by atoms with E-state index < -0.39 is 12.1 Å². The lowest BCUT2D eigenvalue weighted by molar-refractivity contribution is 0.0736. The topological polar surface area (TPSA) is 66.6 Å². The summed E-state index contributed by atoms with van der Waals surface area (Å²) in [6.07, 6.45) is 1.24. The maximum Gasteiger partial charge on any atom is 0.196 e. The number of anilines is 1. The molecule has 1 fully saturated rings. The second-order valence-electron chi connectivity index (χ2n) is 4.50. The van der Waals surface area contributed by atoms with Crippen molar-refractivity contribution >= 4 is 50.5 Å². The largest absolute Gasteiger partial charge is 0.383 e. The van der Waals surface area contributed by atoms with E-state index in [4.69, 9.17) is 5.73 Å². The maximum absolute atomic E-state index is 12.0. The summed E-state index contributed by atoms with van der Waals surface area (Å²) in [5, 5.41) is 10.7. The molecule has 2 unspecified atom stereocenters. The lowest BCUT2D eigenvalue weighted by atomic mass is 10.2. The number of carbonyl (C=O) groups is 1. The van der Waals surface area contributed by atoms with Gasteiger partial charge >= 0.3 is 0 Å². The minimum Gasteiger partial charge on any atom is -0.383 e. The molecule has 0 amide bonds. The number of halogens is 2. The molecule has 1 saturated heterocycles. The van der Waals surface area contributed by atoms with Gasteiger partial charge in [-0.2, -0.15) is 0 Å². The molecule has 0 spiro atoms. The molecule has 0 radical (unpaired) electrons. The fraction of sp³-hybridized carbons (Fsp3) is 0.545. The fourth-order valence-corrected chi connectivity index (χ4v) is 4.62. The van der Waals surface area contributed by atoms with Gasteiger partial charge in [0, 0.05) is 18.7 Å². The number of hydrogen-bond acceptors (Lipinski definition) is 5. The number of nitrogens with zero attached hydrogens (tertiary/aromatic N) is 1. The van der Waals surface area contributed by atoms with E-state index >= 15 is 0 Å². The SMILES string of the molecule is Cl.NC1c2c(Br)sc(N3CCCC3)c2C(=O)C1O. The van der Waals surface area contributed by atoms with Gasteiger partial charge < -0.3 is 15.7 Å². The number of fused-ring (bicyclic) bond motifs is 1. The summed E-state index contributed by atoms with van der Waals surface area (Å²) in [5.41, 5.74) is 7.31. The third kappa shape index (κ3) is 1.91. The lowest BCUT2D eigenvalue weighted by Crippen LogP contribution is -2.26. The predicted molar refractivity (Wildman–Crippen MR) is 78.0 cm³/mol. The van der Waals surface area contributed by atoms with Gasteiger partial charge in [-0.3, -0.25) is 4.79 Å². The number of rotatable bonds is 1. The number of Topliss-reactive ketones (excluding diaryl/α,β-unsaturated/α-hetero) is 1. The van der Waals surface area contributed by atoms with Gasteiger partial charge in [-0.15, -0.1) is 23.7 Å². The van der Waals surface area contributed by atoms with Crippen LogP contribution in [0.25, 0.3) is 0 Å². The molecule has 0 saturated carbocycles. The van der Waals surface area contributed by atoms with Crippen LogP contribution >= 0.6 is 39.7 Å². The normalized spacial score (nSPS) is 26.4. The standard InChI is InChI=1S/C11H13BrN2O2S.ClH/c12-10-5-6(8(15)9(16)7(5)13)11(17-10)14-3-1-2-4-14;/h7,9,16H,1-4,13H2;1H. The van der Waals surface area contributed by atoms with Crippen LogP contribution in [0.15, 0.2) is 3.79 Å². The average Bonchev–Trinajstić information content (AvgIpc) is 2.96. The minimum absolute atomic E-state index is 0. The van der Waals surface area contributed by atoms with Gasteiger partial charge in [-0.25, -0.2) is 0 Å². The molecule has 1 aliphatic carbocycles. The van der Waals surface area contributed by atoms with Gasteiger partial charge in [-0.1, -0.05) is 0 Å². The average molecular weight is 354 g/mol. The lowest BCUT2D eigenvalue weighted by Gasteiger charge is -2.16. The molecule has 4 nitrogen and oxygen atoms in total. The molecule has 2 atom stereocenters. The zero-order chi connectivity index (χ0) is 12.2. The van der Waals surface area contributed by atoms with E-state index in [9.17, 15) is 9.90 Å². The van der Waals surface area contributed by atoms with Crippen LogP contribution in [0.1, 0.15) is 34.8 Å². The third-order valence-electron chi connectivity index (χ3n) is 3.46. The molecule has 1 aromatic rings. The monoisotopic (exact) mass is 352 g/mol. The van der Waals surface area contributed by atoms with Crippen LogP contribution in [0.2, 0.25) is 0 Å². The smallest absolute Gasteiger partial charge is 0.196 e. The predicted octanol–water partition coefficient (Wildman–Crippen LogP) is 2.09. The highest BCUT2D eigenvalue weighted by Crippen LogP contribution is 2.48. The van der Waals surface area contributed by atoms with Gasteiger partial charge in [0.25, 0.3) is 0 Å². The van der Waals surface area contributed by atoms with Gasteiger partial charge in [0.1, 0.15) is 11.1 Å². The molecule has 2 aliphatic rings. The number of ketones is 1. The van der Waals surface area contributed by atoms with Crippen LogP contribution < -0.4 is 10.6 Å². The summed E-state index contributed by atoms with van der Waals surface area (Å²) in [6.45, 7) is 1.97. The molecular formula is C11H14BrClN2O2S. The highest BCUT2D eigenvalue weighted by molar-refractivity contribution is 9.11. The molecule has 3 N–H and O–H groups in total. The first-order chi connectivity index (χ1) is 8.11. The van der Waals surface area contributed by atoms with Gasteiger partial charge in [0.05, 0.1) is 15.4 Å². The van der Waals surface area contributed by atoms with E-state index in [0.717, 1.165) is 40.3 Å². The Bertz CT molecular complexity index is 488. The van der Waals surface area contributed by atoms with Crippen molar-refractivity contribution in [3.8, 4) is 0 Å².